The molecule has 1 aliphatic rings. The molecule has 136 valence electrons. The molecule has 1 fully saturated rings. The number of thiophene rings is 1. The lowest BCUT2D eigenvalue weighted by atomic mass is 9.69. The molecule has 1 saturated carbocycles. The average Bonchev–Trinajstić information content (AvgIpc) is 3.12. The molecule has 1 N–H and O–H groups in total. The maximum absolute atomic E-state index is 12.5. The molecule has 3 rings (SSSR count). The van der Waals surface area contributed by atoms with Gasteiger partial charge >= 0.3 is 0 Å². The lowest BCUT2D eigenvalue weighted by molar-refractivity contribution is -0.117. The minimum absolute atomic E-state index is 0.0425. The van der Waals surface area contributed by atoms with Crippen LogP contribution in [0, 0.1) is 0 Å². The van der Waals surface area contributed by atoms with Crippen molar-refractivity contribution in [3.05, 3.63) is 71.7 Å². The second-order valence-electron chi connectivity index (χ2n) is 7.08. The lowest BCUT2D eigenvalue weighted by Gasteiger charge is -2.37. The Bertz CT molecular complexity index is 837. The van der Waals surface area contributed by atoms with Gasteiger partial charge < -0.3 is 5.32 Å². The van der Waals surface area contributed by atoms with Crippen molar-refractivity contribution in [3.63, 3.8) is 0 Å². The molecule has 0 bridgehead atoms. The first-order chi connectivity index (χ1) is 12.7. The lowest BCUT2D eigenvalue weighted by Crippen LogP contribution is -2.42. The van der Waals surface area contributed by atoms with Crippen LogP contribution in [0.2, 0.25) is 0 Å². The Kier molecular flexibility index (Phi) is 6.10. The van der Waals surface area contributed by atoms with Gasteiger partial charge in [0.2, 0.25) is 0 Å². The van der Waals surface area contributed by atoms with E-state index >= 15 is 0 Å². The number of amides is 1. The van der Waals surface area contributed by atoms with Gasteiger partial charge in [0, 0.05) is 22.2 Å². The highest BCUT2D eigenvalue weighted by Crippen LogP contribution is 2.44. The molecule has 0 saturated heterocycles. The first-order valence-electron chi connectivity index (χ1n) is 9.39. The highest BCUT2D eigenvalue weighted by molar-refractivity contribution is 7.17. The summed E-state index contributed by atoms with van der Waals surface area (Å²) in [5.41, 5.74) is 1.96. The van der Waals surface area contributed by atoms with E-state index in [1.54, 1.807) is 6.08 Å². The van der Waals surface area contributed by atoms with E-state index in [0.717, 1.165) is 12.8 Å². The van der Waals surface area contributed by atoms with Gasteiger partial charge in [0.1, 0.15) is 0 Å². The summed E-state index contributed by atoms with van der Waals surface area (Å²) >= 11 is 1.81. The maximum Gasteiger partial charge on any atom is 0.250 e. The predicted molar refractivity (Wildman–Crippen MR) is 113 cm³/mol. The van der Waals surface area contributed by atoms with Gasteiger partial charge in [-0.1, -0.05) is 68.3 Å². The van der Waals surface area contributed by atoms with Crippen molar-refractivity contribution in [3.8, 4) is 0 Å². The molecule has 0 spiro atoms. The normalized spacial score (nSPS) is 17.1. The summed E-state index contributed by atoms with van der Waals surface area (Å²) in [6.07, 6.45) is 13.5. The second-order valence-corrected chi connectivity index (χ2v) is 7.99. The molecule has 2 aromatic rings. The summed E-state index contributed by atoms with van der Waals surface area (Å²) in [6, 6.07) is 8.62. The molecule has 26 heavy (non-hydrogen) atoms. The summed E-state index contributed by atoms with van der Waals surface area (Å²) in [6.45, 7) is 6.53. The van der Waals surface area contributed by atoms with E-state index < -0.39 is 0 Å². The summed E-state index contributed by atoms with van der Waals surface area (Å²) in [4.78, 5) is 12.5. The van der Waals surface area contributed by atoms with Crippen molar-refractivity contribution in [2.75, 3.05) is 6.54 Å². The van der Waals surface area contributed by atoms with Crippen LogP contribution in [0.3, 0.4) is 0 Å². The second kappa shape index (κ2) is 8.50. The summed E-state index contributed by atoms with van der Waals surface area (Å²) in [7, 11) is 0. The third-order valence-corrected chi connectivity index (χ3v) is 6.31. The molecule has 0 atom stereocenters. The Morgan fingerprint density at radius 2 is 2.00 bits per heavy atom. The summed E-state index contributed by atoms with van der Waals surface area (Å²) < 4.78 is 1.33. The standard InChI is InChI=1S/C23H27NOS/c1-3-4-6-11-18(2)22(25)24-17-23(14-9-5-10-15-23)20-16-26-21-13-8-7-12-19(20)21/h3-4,6-8,11-13,16H,2,5,9-10,14-15,17H2,1H3,(H,24,25)/b4-3-,11-6-. The van der Waals surface area contributed by atoms with E-state index in [0.29, 0.717) is 12.1 Å². The topological polar surface area (TPSA) is 29.1 Å². The number of fused-ring (bicyclic) bond motifs is 1. The van der Waals surface area contributed by atoms with Gasteiger partial charge in [-0.3, -0.25) is 4.79 Å². The zero-order valence-electron chi connectivity index (χ0n) is 15.5. The van der Waals surface area contributed by atoms with Crippen molar-refractivity contribution in [1.82, 2.24) is 5.32 Å². The van der Waals surface area contributed by atoms with Gasteiger partial charge in [-0.05, 0) is 42.2 Å². The van der Waals surface area contributed by atoms with Crippen molar-refractivity contribution in [1.29, 1.82) is 0 Å². The van der Waals surface area contributed by atoms with Crippen LogP contribution in [0.4, 0.5) is 0 Å². The van der Waals surface area contributed by atoms with Crippen molar-refractivity contribution in [2.45, 2.75) is 44.4 Å². The number of carbonyl (C=O) groups is 1. The van der Waals surface area contributed by atoms with Crippen molar-refractivity contribution >= 4 is 27.3 Å². The molecule has 0 aliphatic heterocycles. The minimum Gasteiger partial charge on any atom is -0.351 e. The quantitative estimate of drug-likeness (QED) is 0.500. The summed E-state index contributed by atoms with van der Waals surface area (Å²) in [5, 5.41) is 6.82. The smallest absolute Gasteiger partial charge is 0.250 e. The minimum atomic E-state index is -0.0739. The molecule has 1 heterocycles. The molecule has 1 aromatic heterocycles. The number of rotatable bonds is 6. The summed E-state index contributed by atoms with van der Waals surface area (Å²) in [5.74, 6) is -0.0739. The Morgan fingerprint density at radius 3 is 2.77 bits per heavy atom. The van der Waals surface area contributed by atoms with E-state index in [2.05, 4.69) is 41.5 Å². The molecule has 0 unspecified atom stereocenters. The number of allylic oxidation sites excluding steroid dienone is 3. The Morgan fingerprint density at radius 1 is 1.23 bits per heavy atom. The maximum atomic E-state index is 12.5. The molecule has 2 nitrogen and oxygen atoms in total. The van der Waals surface area contributed by atoms with Crippen LogP contribution in [0.1, 0.15) is 44.6 Å². The number of benzene rings is 1. The molecular weight excluding hydrogens is 338 g/mol. The van der Waals surface area contributed by atoms with Crippen molar-refractivity contribution < 1.29 is 4.79 Å². The zero-order valence-corrected chi connectivity index (χ0v) is 16.3. The SMILES string of the molecule is C=C(/C=C\C=C/C)C(=O)NCC1(c2csc3ccccc23)CCCCC1. The molecule has 1 aliphatic carbocycles. The van der Waals surface area contributed by atoms with Crippen molar-refractivity contribution in [2.24, 2.45) is 0 Å². The van der Waals surface area contributed by atoms with Gasteiger partial charge in [0.25, 0.3) is 5.91 Å². The Balaban J connectivity index is 1.80. The molecule has 1 aromatic carbocycles. The highest BCUT2D eigenvalue weighted by atomic mass is 32.1. The molecule has 3 heteroatoms. The molecule has 0 radical (unpaired) electrons. The van der Waals surface area contributed by atoms with Crippen LogP contribution < -0.4 is 5.32 Å². The van der Waals surface area contributed by atoms with Crippen LogP contribution in [0.5, 0.6) is 0 Å². The third kappa shape index (κ3) is 3.99. The van der Waals surface area contributed by atoms with E-state index in [1.165, 1.54) is 34.9 Å². The first-order valence-corrected chi connectivity index (χ1v) is 10.3. The number of hydrogen-bond donors (Lipinski definition) is 1. The van der Waals surface area contributed by atoms with Crippen LogP contribution >= 0.6 is 11.3 Å². The van der Waals surface area contributed by atoms with E-state index in [9.17, 15) is 4.79 Å². The number of hydrogen-bond acceptors (Lipinski definition) is 2. The van der Waals surface area contributed by atoms with Gasteiger partial charge in [-0.25, -0.2) is 0 Å². The largest absolute Gasteiger partial charge is 0.351 e. The van der Waals surface area contributed by atoms with Crippen LogP contribution in [-0.4, -0.2) is 12.5 Å². The fourth-order valence-electron chi connectivity index (χ4n) is 3.88. The van der Waals surface area contributed by atoms with Gasteiger partial charge in [0.15, 0.2) is 0 Å². The van der Waals surface area contributed by atoms with E-state index in [1.807, 2.05) is 36.5 Å². The average molecular weight is 366 g/mol. The third-order valence-electron chi connectivity index (χ3n) is 5.34. The fourth-order valence-corrected chi connectivity index (χ4v) is 4.96. The molecular formula is C23H27NOS. The monoisotopic (exact) mass is 365 g/mol. The zero-order chi connectivity index (χ0) is 18.4. The Labute approximate surface area is 160 Å². The number of nitrogens with one attached hydrogen (secondary N) is 1. The Hall–Kier alpha value is -2.13. The van der Waals surface area contributed by atoms with Crippen LogP contribution in [-0.2, 0) is 10.2 Å². The van der Waals surface area contributed by atoms with Crippen LogP contribution in [0.25, 0.3) is 10.1 Å². The van der Waals surface area contributed by atoms with Gasteiger partial charge in [-0.15, -0.1) is 11.3 Å². The number of carbonyl (C=O) groups excluding carboxylic acids is 1. The van der Waals surface area contributed by atoms with Gasteiger partial charge in [-0.2, -0.15) is 0 Å². The van der Waals surface area contributed by atoms with Gasteiger partial charge in [0.05, 0.1) is 0 Å². The first kappa shape index (κ1) is 18.7. The fraction of sp³-hybridized carbons (Fsp3) is 0.348. The van der Waals surface area contributed by atoms with Crippen LogP contribution in [0.15, 0.2) is 66.1 Å². The van der Waals surface area contributed by atoms with E-state index in [-0.39, 0.29) is 11.3 Å². The predicted octanol–water partition coefficient (Wildman–Crippen LogP) is 5.91. The van der Waals surface area contributed by atoms with E-state index in [4.69, 9.17) is 0 Å². The highest BCUT2D eigenvalue weighted by Gasteiger charge is 2.36. The molecule has 1 amide bonds.